The van der Waals surface area contributed by atoms with E-state index in [1.807, 2.05) is 36.4 Å². The Morgan fingerprint density at radius 3 is 2.92 bits per heavy atom. The maximum Gasteiger partial charge on any atom is 0.233 e. The monoisotopic (exact) mass is 337 g/mol. The second kappa shape index (κ2) is 7.92. The maximum atomic E-state index is 12.8. The highest BCUT2D eigenvalue weighted by atomic mass is 16.2. The third-order valence-electron chi connectivity index (χ3n) is 4.44. The van der Waals surface area contributed by atoms with Crippen LogP contribution in [0.3, 0.4) is 0 Å². The van der Waals surface area contributed by atoms with Crippen LogP contribution in [-0.2, 0) is 16.0 Å². The standard InChI is InChI=1S/C20H23N3O2/c1-2-6-16(18-8-3-4-12-21-18)20(25)22-15-10-11-17-14(13-15)7-5-9-19(24)23-17/h3-4,8,10-13,16H,2,5-7,9H2,1H3,(H,22,25)(H,23,24)/t16-/m0/s1. The van der Waals surface area contributed by atoms with Crippen LogP contribution in [-0.4, -0.2) is 16.8 Å². The minimum Gasteiger partial charge on any atom is -0.326 e. The fraction of sp³-hybridized carbons (Fsp3) is 0.350. The Bertz CT molecular complexity index is 759. The molecule has 2 heterocycles. The predicted molar refractivity (Wildman–Crippen MR) is 98.5 cm³/mol. The van der Waals surface area contributed by atoms with Gasteiger partial charge >= 0.3 is 0 Å². The molecule has 1 aliphatic rings. The van der Waals surface area contributed by atoms with E-state index in [1.165, 1.54) is 0 Å². The lowest BCUT2D eigenvalue weighted by Gasteiger charge is -2.16. The van der Waals surface area contributed by atoms with Gasteiger partial charge in [0, 0.05) is 24.0 Å². The van der Waals surface area contributed by atoms with Gasteiger partial charge in [0.15, 0.2) is 0 Å². The van der Waals surface area contributed by atoms with Crippen LogP contribution in [0.1, 0.15) is 49.8 Å². The van der Waals surface area contributed by atoms with Crippen LogP contribution in [0.25, 0.3) is 0 Å². The molecule has 0 radical (unpaired) electrons. The minimum atomic E-state index is -0.260. The number of aryl methyl sites for hydroxylation is 1. The first kappa shape index (κ1) is 17.1. The van der Waals surface area contributed by atoms with Crippen molar-refractivity contribution in [3.63, 3.8) is 0 Å². The molecule has 25 heavy (non-hydrogen) atoms. The summed E-state index contributed by atoms with van der Waals surface area (Å²) in [5.74, 6) is -0.253. The molecular formula is C20H23N3O2. The molecule has 1 aromatic carbocycles. The number of hydrogen-bond donors (Lipinski definition) is 2. The Morgan fingerprint density at radius 1 is 1.28 bits per heavy atom. The third kappa shape index (κ3) is 4.24. The second-order valence-electron chi connectivity index (χ2n) is 6.36. The largest absolute Gasteiger partial charge is 0.326 e. The van der Waals surface area contributed by atoms with Gasteiger partial charge in [0.1, 0.15) is 0 Å². The first-order valence-corrected chi connectivity index (χ1v) is 8.82. The van der Waals surface area contributed by atoms with E-state index in [4.69, 9.17) is 0 Å². The number of aromatic nitrogens is 1. The molecule has 1 aromatic heterocycles. The minimum absolute atomic E-state index is 0.0434. The Kier molecular flexibility index (Phi) is 5.43. The van der Waals surface area contributed by atoms with Crippen molar-refractivity contribution in [2.45, 2.75) is 44.9 Å². The number of pyridine rings is 1. The molecule has 1 aliphatic heterocycles. The van der Waals surface area contributed by atoms with Gasteiger partial charge in [0.05, 0.1) is 11.6 Å². The first-order valence-electron chi connectivity index (χ1n) is 8.82. The third-order valence-corrected chi connectivity index (χ3v) is 4.44. The molecule has 1 atom stereocenters. The van der Waals surface area contributed by atoms with Crippen molar-refractivity contribution in [1.29, 1.82) is 0 Å². The van der Waals surface area contributed by atoms with E-state index in [2.05, 4.69) is 22.5 Å². The van der Waals surface area contributed by atoms with Gasteiger partial charge in [0.25, 0.3) is 0 Å². The van der Waals surface area contributed by atoms with Gasteiger partial charge in [-0.1, -0.05) is 19.4 Å². The molecule has 3 rings (SSSR count). The van der Waals surface area contributed by atoms with Crippen molar-refractivity contribution in [2.24, 2.45) is 0 Å². The number of benzene rings is 1. The molecule has 5 nitrogen and oxygen atoms in total. The molecule has 0 aliphatic carbocycles. The molecule has 0 saturated carbocycles. The average Bonchev–Trinajstić information content (AvgIpc) is 2.80. The summed E-state index contributed by atoms with van der Waals surface area (Å²) in [7, 11) is 0. The van der Waals surface area contributed by atoms with Gasteiger partial charge in [-0.15, -0.1) is 0 Å². The second-order valence-corrected chi connectivity index (χ2v) is 6.36. The van der Waals surface area contributed by atoms with Gasteiger partial charge in [-0.3, -0.25) is 14.6 Å². The van der Waals surface area contributed by atoms with Gasteiger partial charge in [-0.2, -0.15) is 0 Å². The van der Waals surface area contributed by atoms with Crippen LogP contribution in [0.15, 0.2) is 42.6 Å². The highest BCUT2D eigenvalue weighted by Crippen LogP contribution is 2.27. The molecule has 0 bridgehead atoms. The van der Waals surface area contributed by atoms with Crippen molar-refractivity contribution in [2.75, 3.05) is 10.6 Å². The van der Waals surface area contributed by atoms with E-state index in [1.54, 1.807) is 6.20 Å². The summed E-state index contributed by atoms with van der Waals surface area (Å²) in [5.41, 5.74) is 3.46. The summed E-state index contributed by atoms with van der Waals surface area (Å²) in [5, 5.41) is 5.93. The average molecular weight is 337 g/mol. The number of carbonyl (C=O) groups excluding carboxylic acids is 2. The number of carbonyl (C=O) groups is 2. The number of fused-ring (bicyclic) bond motifs is 1. The normalized spacial score (nSPS) is 14.8. The van der Waals surface area contributed by atoms with E-state index in [0.29, 0.717) is 6.42 Å². The van der Waals surface area contributed by atoms with Crippen LogP contribution >= 0.6 is 0 Å². The van der Waals surface area contributed by atoms with Gasteiger partial charge < -0.3 is 10.6 Å². The topological polar surface area (TPSA) is 71.1 Å². The van der Waals surface area contributed by atoms with E-state index >= 15 is 0 Å². The van der Waals surface area contributed by atoms with Crippen molar-refractivity contribution in [3.8, 4) is 0 Å². The zero-order valence-electron chi connectivity index (χ0n) is 14.4. The van der Waals surface area contributed by atoms with Crippen LogP contribution in [0.2, 0.25) is 0 Å². The molecular weight excluding hydrogens is 314 g/mol. The van der Waals surface area contributed by atoms with Crippen LogP contribution in [0, 0.1) is 0 Å². The number of nitrogens with one attached hydrogen (secondary N) is 2. The summed E-state index contributed by atoms with van der Waals surface area (Å²) in [6, 6.07) is 11.3. The summed E-state index contributed by atoms with van der Waals surface area (Å²) in [4.78, 5) is 28.8. The fourth-order valence-electron chi connectivity index (χ4n) is 3.17. The number of hydrogen-bond acceptors (Lipinski definition) is 3. The van der Waals surface area contributed by atoms with Gasteiger partial charge in [0.2, 0.25) is 11.8 Å². The highest BCUT2D eigenvalue weighted by Gasteiger charge is 2.21. The Hall–Kier alpha value is -2.69. The lowest BCUT2D eigenvalue weighted by molar-refractivity contribution is -0.118. The van der Waals surface area contributed by atoms with E-state index < -0.39 is 0 Å². The smallest absolute Gasteiger partial charge is 0.233 e. The van der Waals surface area contributed by atoms with Crippen molar-refractivity contribution in [3.05, 3.63) is 53.9 Å². The number of nitrogens with zero attached hydrogens (tertiary/aromatic N) is 1. The summed E-state index contributed by atoms with van der Waals surface area (Å²) in [6.45, 7) is 2.06. The molecule has 2 aromatic rings. The van der Waals surface area contributed by atoms with Crippen LogP contribution in [0.5, 0.6) is 0 Å². The Labute approximate surface area is 147 Å². The van der Waals surface area contributed by atoms with Crippen LogP contribution < -0.4 is 10.6 Å². The van der Waals surface area contributed by atoms with Crippen molar-refractivity contribution in [1.82, 2.24) is 4.98 Å². The van der Waals surface area contributed by atoms with Crippen molar-refractivity contribution < 1.29 is 9.59 Å². The zero-order valence-corrected chi connectivity index (χ0v) is 14.4. The van der Waals surface area contributed by atoms with E-state index in [-0.39, 0.29) is 17.7 Å². The zero-order chi connectivity index (χ0) is 17.6. The molecule has 0 saturated heterocycles. The maximum absolute atomic E-state index is 12.8. The lowest BCUT2D eigenvalue weighted by Crippen LogP contribution is -2.22. The molecule has 0 unspecified atom stereocenters. The Morgan fingerprint density at radius 2 is 2.16 bits per heavy atom. The molecule has 2 N–H and O–H groups in total. The SMILES string of the molecule is CCC[C@H](C(=O)Nc1ccc2c(c1)CCCC(=O)N2)c1ccccn1. The molecule has 0 fully saturated rings. The van der Waals surface area contributed by atoms with Gasteiger partial charge in [-0.05, 0) is 55.2 Å². The van der Waals surface area contributed by atoms with Crippen LogP contribution in [0.4, 0.5) is 11.4 Å². The summed E-state index contributed by atoms with van der Waals surface area (Å²) >= 11 is 0. The number of rotatable bonds is 5. The molecule has 0 spiro atoms. The fourth-order valence-corrected chi connectivity index (χ4v) is 3.17. The summed E-state index contributed by atoms with van der Waals surface area (Å²) in [6.07, 6.45) is 5.57. The van der Waals surface area contributed by atoms with E-state index in [9.17, 15) is 9.59 Å². The van der Waals surface area contributed by atoms with Gasteiger partial charge in [-0.25, -0.2) is 0 Å². The highest BCUT2D eigenvalue weighted by molar-refractivity contribution is 5.97. The summed E-state index contributed by atoms with van der Waals surface area (Å²) < 4.78 is 0. The molecule has 130 valence electrons. The quantitative estimate of drug-likeness (QED) is 0.870. The number of amides is 2. The molecule has 5 heteroatoms. The first-order chi connectivity index (χ1) is 12.2. The Balaban J connectivity index is 1.77. The lowest BCUT2D eigenvalue weighted by atomic mass is 9.97. The predicted octanol–water partition coefficient (Wildman–Crippen LogP) is 3.88. The molecule has 2 amide bonds. The van der Waals surface area contributed by atoms with Crippen molar-refractivity contribution >= 4 is 23.2 Å². The number of anilines is 2. The van der Waals surface area contributed by atoms with E-state index in [0.717, 1.165) is 48.3 Å².